The van der Waals surface area contributed by atoms with Crippen molar-refractivity contribution < 1.29 is 13.5 Å². The molecular formula is C17H16ClF2NO. The summed E-state index contributed by atoms with van der Waals surface area (Å²) in [5.41, 5.74) is 1.55. The van der Waals surface area contributed by atoms with Crippen molar-refractivity contribution >= 4 is 11.8 Å². The van der Waals surface area contributed by atoms with Crippen LogP contribution in [0.4, 0.5) is 8.78 Å². The van der Waals surface area contributed by atoms with E-state index < -0.39 is 5.82 Å². The van der Waals surface area contributed by atoms with Crippen molar-refractivity contribution in [3.63, 3.8) is 0 Å². The van der Waals surface area contributed by atoms with E-state index in [1.54, 1.807) is 24.3 Å². The summed E-state index contributed by atoms with van der Waals surface area (Å²) in [6.07, 6.45) is 2.28. The molecule has 2 aromatic carbocycles. The van der Waals surface area contributed by atoms with Crippen LogP contribution in [0.2, 0.25) is 0 Å². The van der Waals surface area contributed by atoms with Gasteiger partial charge in [0.15, 0.2) is 11.6 Å². The smallest absolute Gasteiger partial charge is 0.165 e. The van der Waals surface area contributed by atoms with Gasteiger partial charge >= 0.3 is 0 Å². The second-order valence-electron chi connectivity index (χ2n) is 5.54. The predicted octanol–water partition coefficient (Wildman–Crippen LogP) is 4.59. The highest BCUT2D eigenvalue weighted by Gasteiger charge is 2.23. The van der Waals surface area contributed by atoms with Gasteiger partial charge in [0.1, 0.15) is 5.82 Å². The van der Waals surface area contributed by atoms with E-state index in [1.165, 1.54) is 18.2 Å². The van der Waals surface area contributed by atoms with E-state index in [0.717, 1.165) is 24.0 Å². The molecule has 1 aliphatic carbocycles. The van der Waals surface area contributed by atoms with Gasteiger partial charge in [0.05, 0.1) is 12.6 Å². The minimum Gasteiger partial charge on any atom is -0.490 e. The third-order valence-corrected chi connectivity index (χ3v) is 3.99. The SMILES string of the molecule is Fc1ccc([C@@H](NCl)c2ccc(F)c(OCC3CC3)c2)cc1. The van der Waals surface area contributed by atoms with E-state index in [1.807, 2.05) is 0 Å². The van der Waals surface area contributed by atoms with Crippen molar-refractivity contribution in [1.29, 1.82) is 0 Å². The number of ether oxygens (including phenoxy) is 1. The zero-order chi connectivity index (χ0) is 15.5. The maximum Gasteiger partial charge on any atom is 0.165 e. The highest BCUT2D eigenvalue weighted by atomic mass is 35.5. The largest absolute Gasteiger partial charge is 0.490 e. The van der Waals surface area contributed by atoms with E-state index in [4.69, 9.17) is 16.5 Å². The molecular weight excluding hydrogens is 308 g/mol. The minimum atomic E-state index is -0.392. The maximum absolute atomic E-state index is 13.8. The summed E-state index contributed by atoms with van der Waals surface area (Å²) in [5, 5.41) is 0. The topological polar surface area (TPSA) is 21.3 Å². The quantitative estimate of drug-likeness (QED) is 0.785. The van der Waals surface area contributed by atoms with Crippen LogP contribution >= 0.6 is 11.8 Å². The summed E-state index contributed by atoms with van der Waals surface area (Å²) < 4.78 is 32.4. The highest BCUT2D eigenvalue weighted by Crippen LogP contribution is 2.32. The summed E-state index contributed by atoms with van der Waals surface area (Å²) in [6, 6.07) is 10.3. The Balaban J connectivity index is 1.84. The Morgan fingerprint density at radius 1 is 1.09 bits per heavy atom. The second-order valence-corrected chi connectivity index (χ2v) is 5.76. The van der Waals surface area contributed by atoms with Gasteiger partial charge in [0.2, 0.25) is 0 Å². The van der Waals surface area contributed by atoms with E-state index in [2.05, 4.69) is 4.84 Å². The number of hydrogen-bond acceptors (Lipinski definition) is 2. The number of nitrogens with one attached hydrogen (secondary N) is 1. The molecule has 5 heteroatoms. The monoisotopic (exact) mass is 323 g/mol. The van der Waals surface area contributed by atoms with Crippen LogP contribution in [-0.4, -0.2) is 6.61 Å². The molecule has 116 valence electrons. The lowest BCUT2D eigenvalue weighted by molar-refractivity contribution is 0.285. The lowest BCUT2D eigenvalue weighted by atomic mass is 9.99. The molecule has 0 saturated heterocycles. The first kappa shape index (κ1) is 15.3. The standard InChI is InChI=1S/C17H16ClF2NO/c18-21-17(12-3-6-14(19)7-4-12)13-5-8-15(20)16(9-13)22-10-11-1-2-11/h3-9,11,17,21H,1-2,10H2/t17-/m1/s1. The molecule has 0 spiro atoms. The Labute approximate surface area is 133 Å². The third kappa shape index (κ3) is 3.57. The fraction of sp³-hybridized carbons (Fsp3) is 0.294. The van der Waals surface area contributed by atoms with Gasteiger partial charge in [-0.15, -0.1) is 0 Å². The molecule has 1 fully saturated rings. The van der Waals surface area contributed by atoms with Gasteiger partial charge in [-0.1, -0.05) is 18.2 Å². The molecule has 22 heavy (non-hydrogen) atoms. The Morgan fingerprint density at radius 2 is 1.77 bits per heavy atom. The van der Waals surface area contributed by atoms with Crippen LogP contribution in [0, 0.1) is 17.6 Å². The molecule has 0 amide bonds. The van der Waals surface area contributed by atoms with Crippen molar-refractivity contribution in [2.75, 3.05) is 6.61 Å². The average Bonchev–Trinajstić information content (AvgIpc) is 3.34. The summed E-state index contributed by atoms with van der Waals surface area (Å²) >= 11 is 5.83. The molecule has 2 nitrogen and oxygen atoms in total. The zero-order valence-electron chi connectivity index (χ0n) is 11.9. The van der Waals surface area contributed by atoms with Crippen molar-refractivity contribution in [1.82, 2.24) is 4.84 Å². The molecule has 3 rings (SSSR count). The molecule has 1 saturated carbocycles. The van der Waals surface area contributed by atoms with Crippen LogP contribution < -0.4 is 9.57 Å². The number of halogens is 3. The van der Waals surface area contributed by atoms with E-state index in [-0.39, 0.29) is 17.6 Å². The molecule has 2 aromatic rings. The molecule has 0 aliphatic heterocycles. The number of rotatable bonds is 6. The van der Waals surface area contributed by atoms with E-state index in [9.17, 15) is 8.78 Å². The second kappa shape index (κ2) is 6.63. The van der Waals surface area contributed by atoms with Crippen LogP contribution in [0.25, 0.3) is 0 Å². The first-order valence-electron chi connectivity index (χ1n) is 7.21. The van der Waals surface area contributed by atoms with Gasteiger partial charge in [0.25, 0.3) is 0 Å². The fourth-order valence-corrected chi connectivity index (χ4v) is 2.53. The average molecular weight is 324 g/mol. The number of hydrogen-bond donors (Lipinski definition) is 1. The number of benzene rings is 2. The van der Waals surface area contributed by atoms with Crippen molar-refractivity contribution in [2.24, 2.45) is 5.92 Å². The normalized spacial score (nSPS) is 15.6. The minimum absolute atomic E-state index is 0.225. The molecule has 1 atom stereocenters. The molecule has 0 unspecified atom stereocenters. The van der Waals surface area contributed by atoms with Gasteiger partial charge in [0, 0.05) is 0 Å². The summed E-state index contributed by atoms with van der Waals surface area (Å²) in [6.45, 7) is 0.538. The Kier molecular flexibility index (Phi) is 4.60. The predicted molar refractivity (Wildman–Crippen MR) is 81.9 cm³/mol. The molecule has 1 N–H and O–H groups in total. The molecule has 0 bridgehead atoms. The molecule has 0 aromatic heterocycles. The van der Waals surface area contributed by atoms with Crippen molar-refractivity contribution in [3.8, 4) is 5.75 Å². The highest BCUT2D eigenvalue weighted by molar-refractivity contribution is 6.13. The van der Waals surface area contributed by atoms with Crippen LogP contribution in [0.1, 0.15) is 30.0 Å². The van der Waals surface area contributed by atoms with Crippen molar-refractivity contribution in [2.45, 2.75) is 18.9 Å². The van der Waals surface area contributed by atoms with E-state index in [0.29, 0.717) is 12.5 Å². The molecule has 0 heterocycles. The Hall–Kier alpha value is -1.65. The Bertz CT molecular complexity index is 644. The van der Waals surface area contributed by atoms with Gasteiger partial charge in [-0.25, -0.2) is 13.6 Å². The van der Waals surface area contributed by atoms with Gasteiger partial charge < -0.3 is 4.74 Å². The third-order valence-electron chi connectivity index (χ3n) is 3.77. The van der Waals surface area contributed by atoms with Gasteiger partial charge in [-0.2, -0.15) is 0 Å². The van der Waals surface area contributed by atoms with Crippen LogP contribution in [0.5, 0.6) is 5.75 Å². The first-order chi connectivity index (χ1) is 10.7. The molecule has 0 radical (unpaired) electrons. The van der Waals surface area contributed by atoms with Crippen molar-refractivity contribution in [3.05, 3.63) is 65.2 Å². The summed E-state index contributed by atoms with van der Waals surface area (Å²) in [7, 11) is 0. The van der Waals surface area contributed by atoms with Crippen LogP contribution in [0.3, 0.4) is 0 Å². The van der Waals surface area contributed by atoms with Crippen LogP contribution in [0.15, 0.2) is 42.5 Å². The van der Waals surface area contributed by atoms with Gasteiger partial charge in [-0.05, 0) is 65.9 Å². The fourth-order valence-electron chi connectivity index (χ4n) is 2.28. The Morgan fingerprint density at radius 3 is 2.41 bits per heavy atom. The summed E-state index contributed by atoms with van der Waals surface area (Å²) in [4.78, 5) is 2.65. The van der Waals surface area contributed by atoms with Gasteiger partial charge in [-0.3, -0.25) is 0 Å². The lowest BCUT2D eigenvalue weighted by Gasteiger charge is -2.17. The molecule has 1 aliphatic rings. The summed E-state index contributed by atoms with van der Waals surface area (Å²) in [5.74, 6) is 0.0620. The zero-order valence-corrected chi connectivity index (χ0v) is 12.6. The van der Waals surface area contributed by atoms with Crippen LogP contribution in [-0.2, 0) is 0 Å². The maximum atomic E-state index is 13.8. The van der Waals surface area contributed by atoms with E-state index >= 15 is 0 Å². The lowest BCUT2D eigenvalue weighted by Crippen LogP contribution is -2.13. The first-order valence-corrected chi connectivity index (χ1v) is 7.59.